The molecule has 2 amide bonds. The number of carbonyl (C=O) groups is 1. The van der Waals surface area contributed by atoms with Crippen LogP contribution < -0.4 is 10.6 Å². The van der Waals surface area contributed by atoms with Crippen LogP contribution in [0.25, 0.3) is 0 Å². The Bertz CT molecular complexity index is 960. The minimum Gasteiger partial charge on any atom is -0.335 e. The summed E-state index contributed by atoms with van der Waals surface area (Å²) >= 11 is 1.69. The van der Waals surface area contributed by atoms with Gasteiger partial charge in [-0.1, -0.05) is 48.5 Å². The average Bonchev–Trinajstić information content (AvgIpc) is 2.81. The van der Waals surface area contributed by atoms with Crippen LogP contribution in [0.1, 0.15) is 24.0 Å². The van der Waals surface area contributed by atoms with E-state index >= 15 is 0 Å². The topological polar surface area (TPSA) is 57.3 Å². The second kappa shape index (κ2) is 11.0. The number of hydrogen-bond donors (Lipinski definition) is 2. The Labute approximate surface area is 188 Å². The minimum atomic E-state index is -0.129. The van der Waals surface area contributed by atoms with Crippen LogP contribution >= 0.6 is 11.8 Å². The van der Waals surface area contributed by atoms with Gasteiger partial charge < -0.3 is 10.6 Å². The maximum atomic E-state index is 12.5. The smallest absolute Gasteiger partial charge is 0.319 e. The van der Waals surface area contributed by atoms with Gasteiger partial charge in [-0.2, -0.15) is 0 Å². The molecule has 1 aromatic heterocycles. The summed E-state index contributed by atoms with van der Waals surface area (Å²) in [6.45, 7) is 2.98. The van der Waals surface area contributed by atoms with Crippen LogP contribution in [0, 0.1) is 0 Å². The number of urea groups is 1. The molecule has 0 atom stereocenters. The zero-order valence-electron chi connectivity index (χ0n) is 17.5. The van der Waals surface area contributed by atoms with Crippen molar-refractivity contribution in [3.05, 3.63) is 90.1 Å². The highest BCUT2D eigenvalue weighted by molar-refractivity contribution is 7.98. The van der Waals surface area contributed by atoms with Gasteiger partial charge in [-0.3, -0.25) is 4.90 Å². The number of benzene rings is 2. The van der Waals surface area contributed by atoms with E-state index in [2.05, 4.69) is 50.8 Å². The average molecular weight is 433 g/mol. The summed E-state index contributed by atoms with van der Waals surface area (Å²) in [6, 6.07) is 24.6. The Morgan fingerprint density at radius 2 is 1.74 bits per heavy atom. The molecule has 3 aromatic rings. The van der Waals surface area contributed by atoms with Crippen LogP contribution in [-0.2, 0) is 12.3 Å². The lowest BCUT2D eigenvalue weighted by molar-refractivity contribution is 0.190. The van der Waals surface area contributed by atoms with Gasteiger partial charge in [0, 0.05) is 43.3 Å². The van der Waals surface area contributed by atoms with E-state index in [0.29, 0.717) is 0 Å². The zero-order chi connectivity index (χ0) is 21.3. The fourth-order valence-electron chi connectivity index (χ4n) is 3.76. The molecule has 0 bridgehead atoms. The Balaban J connectivity index is 1.21. The van der Waals surface area contributed by atoms with Crippen molar-refractivity contribution >= 4 is 23.5 Å². The lowest BCUT2D eigenvalue weighted by Crippen LogP contribution is -2.45. The van der Waals surface area contributed by atoms with Crippen LogP contribution in [0.2, 0.25) is 0 Å². The summed E-state index contributed by atoms with van der Waals surface area (Å²) in [5.41, 5.74) is 3.31. The minimum absolute atomic E-state index is 0.129. The molecule has 2 heterocycles. The number of thioether (sulfide) groups is 1. The molecule has 0 saturated carbocycles. The summed E-state index contributed by atoms with van der Waals surface area (Å²) in [5.74, 6) is 0.814. The van der Waals surface area contributed by atoms with Crippen LogP contribution in [-0.4, -0.2) is 35.0 Å². The first kappa shape index (κ1) is 21.4. The number of carbonyl (C=O) groups excluding carboxylic acids is 1. The van der Waals surface area contributed by atoms with Crippen LogP contribution in [0.15, 0.2) is 84.0 Å². The van der Waals surface area contributed by atoms with E-state index in [9.17, 15) is 4.79 Å². The van der Waals surface area contributed by atoms with Crippen molar-refractivity contribution in [1.29, 1.82) is 0 Å². The predicted octanol–water partition coefficient (Wildman–Crippen LogP) is 5.16. The van der Waals surface area contributed by atoms with Crippen molar-refractivity contribution in [2.45, 2.75) is 36.2 Å². The number of aromatic nitrogens is 1. The predicted molar refractivity (Wildman–Crippen MR) is 127 cm³/mol. The second-order valence-corrected chi connectivity index (χ2v) is 8.79. The van der Waals surface area contributed by atoms with Gasteiger partial charge in [0.2, 0.25) is 0 Å². The van der Waals surface area contributed by atoms with Gasteiger partial charge >= 0.3 is 6.03 Å². The molecule has 2 N–H and O–H groups in total. The van der Waals surface area contributed by atoms with Crippen LogP contribution in [0.4, 0.5) is 10.5 Å². The largest absolute Gasteiger partial charge is 0.335 e. The Morgan fingerprint density at radius 1 is 0.968 bits per heavy atom. The molecule has 0 unspecified atom stereocenters. The summed E-state index contributed by atoms with van der Waals surface area (Å²) in [4.78, 5) is 19.3. The monoisotopic (exact) mass is 432 g/mol. The Hall–Kier alpha value is -2.83. The number of anilines is 1. The molecule has 31 heavy (non-hydrogen) atoms. The summed E-state index contributed by atoms with van der Waals surface area (Å²) in [5, 5.41) is 7.12. The molecule has 4 rings (SSSR count). The third kappa shape index (κ3) is 6.84. The van der Waals surface area contributed by atoms with Gasteiger partial charge in [-0.15, -0.1) is 11.8 Å². The number of nitrogens with zero attached hydrogens (tertiary/aromatic N) is 2. The molecular formula is C25H28N4OS. The molecule has 1 fully saturated rings. The molecule has 0 aliphatic carbocycles. The van der Waals surface area contributed by atoms with E-state index in [-0.39, 0.29) is 12.1 Å². The number of nitrogens with one attached hydrogen (secondary N) is 2. The van der Waals surface area contributed by atoms with Crippen molar-refractivity contribution in [3.8, 4) is 0 Å². The zero-order valence-corrected chi connectivity index (χ0v) is 18.4. The molecule has 6 heteroatoms. The highest BCUT2D eigenvalue weighted by atomic mass is 32.2. The van der Waals surface area contributed by atoms with Gasteiger partial charge in [0.25, 0.3) is 0 Å². The molecule has 5 nitrogen and oxygen atoms in total. The molecular weight excluding hydrogens is 404 g/mol. The molecule has 1 saturated heterocycles. The van der Waals surface area contributed by atoms with Crippen LogP contribution in [0.3, 0.4) is 0 Å². The first-order valence-corrected chi connectivity index (χ1v) is 11.7. The third-order valence-corrected chi connectivity index (χ3v) is 6.40. The lowest BCUT2D eigenvalue weighted by atomic mass is 10.0. The Morgan fingerprint density at radius 3 is 2.52 bits per heavy atom. The van der Waals surface area contributed by atoms with Crippen LogP contribution in [0.5, 0.6) is 0 Å². The molecule has 1 aliphatic heterocycles. The van der Waals surface area contributed by atoms with E-state index in [1.165, 1.54) is 5.56 Å². The maximum absolute atomic E-state index is 12.5. The van der Waals surface area contributed by atoms with Gasteiger partial charge in [0.1, 0.15) is 0 Å². The van der Waals surface area contributed by atoms with Crippen molar-refractivity contribution < 1.29 is 4.79 Å². The van der Waals surface area contributed by atoms with E-state index in [1.54, 1.807) is 18.0 Å². The fraction of sp³-hybridized carbons (Fsp3) is 0.280. The normalized spacial score (nSPS) is 14.8. The molecule has 1 aliphatic rings. The number of hydrogen-bond acceptors (Lipinski definition) is 4. The van der Waals surface area contributed by atoms with Gasteiger partial charge in [0.05, 0.1) is 5.03 Å². The van der Waals surface area contributed by atoms with Gasteiger partial charge in [-0.05, 0) is 48.2 Å². The lowest BCUT2D eigenvalue weighted by Gasteiger charge is -2.32. The number of piperidine rings is 1. The molecule has 160 valence electrons. The summed E-state index contributed by atoms with van der Waals surface area (Å²) in [7, 11) is 0. The number of rotatable bonds is 7. The Kier molecular flexibility index (Phi) is 7.58. The second-order valence-electron chi connectivity index (χ2n) is 7.79. The molecule has 0 radical (unpaired) electrons. The third-order valence-electron chi connectivity index (χ3n) is 5.38. The summed E-state index contributed by atoms with van der Waals surface area (Å²) < 4.78 is 0. The first-order valence-electron chi connectivity index (χ1n) is 10.7. The van der Waals surface area contributed by atoms with E-state index < -0.39 is 0 Å². The number of pyridine rings is 1. The van der Waals surface area contributed by atoms with Crippen molar-refractivity contribution in [2.75, 3.05) is 18.4 Å². The highest BCUT2D eigenvalue weighted by Crippen LogP contribution is 2.22. The van der Waals surface area contributed by atoms with Crippen molar-refractivity contribution in [2.24, 2.45) is 0 Å². The van der Waals surface area contributed by atoms with E-state index in [0.717, 1.165) is 54.5 Å². The quantitative estimate of drug-likeness (QED) is 0.506. The van der Waals surface area contributed by atoms with Gasteiger partial charge in [0.15, 0.2) is 0 Å². The van der Waals surface area contributed by atoms with Crippen molar-refractivity contribution in [3.63, 3.8) is 0 Å². The standard InChI is InChI=1S/C25H28N4OS/c30-25(27-22-12-15-29(16-13-22)18-20-7-2-1-3-8-20)28-23-10-6-9-21(17-23)19-31-24-11-4-5-14-26-24/h1-11,14,17,22H,12-13,15-16,18-19H2,(H2,27,28,30). The molecule has 2 aromatic carbocycles. The SMILES string of the molecule is O=C(Nc1cccc(CSc2ccccn2)c1)NC1CCN(Cc2ccccc2)CC1. The van der Waals surface area contributed by atoms with Crippen molar-refractivity contribution in [1.82, 2.24) is 15.2 Å². The fourth-order valence-corrected chi connectivity index (χ4v) is 4.56. The van der Waals surface area contributed by atoms with E-state index in [4.69, 9.17) is 0 Å². The van der Waals surface area contributed by atoms with Gasteiger partial charge in [-0.25, -0.2) is 9.78 Å². The number of likely N-dealkylation sites (tertiary alicyclic amines) is 1. The highest BCUT2D eigenvalue weighted by Gasteiger charge is 2.20. The first-order chi connectivity index (χ1) is 15.2. The maximum Gasteiger partial charge on any atom is 0.319 e. The summed E-state index contributed by atoms with van der Waals surface area (Å²) in [6.07, 6.45) is 3.75. The van der Waals surface area contributed by atoms with E-state index in [1.807, 2.05) is 42.5 Å². The number of amides is 2. The molecule has 0 spiro atoms.